The fraction of sp³-hybridized carbons (Fsp3) is 0.435. The van der Waals surface area contributed by atoms with Crippen molar-refractivity contribution in [1.82, 2.24) is 19.1 Å². The van der Waals surface area contributed by atoms with Gasteiger partial charge >= 0.3 is 0 Å². The molecular formula is C23H30N4O4S2. The van der Waals surface area contributed by atoms with Crippen molar-refractivity contribution < 1.29 is 17.6 Å². The number of thioether (sulfide) groups is 1. The average Bonchev–Trinajstić information content (AvgIpc) is 3.39. The highest BCUT2D eigenvalue weighted by Crippen LogP contribution is 2.27. The number of nitrogens with zero attached hydrogens (tertiary/aromatic N) is 4. The number of hydrogen-bond donors (Lipinski definition) is 0. The second-order valence-corrected chi connectivity index (χ2v) is 10.5. The van der Waals surface area contributed by atoms with Crippen molar-refractivity contribution in [2.24, 2.45) is 0 Å². The molecule has 10 heteroatoms. The molecule has 0 bridgehead atoms. The van der Waals surface area contributed by atoms with Gasteiger partial charge in [-0.2, -0.15) is 4.31 Å². The van der Waals surface area contributed by atoms with Crippen molar-refractivity contribution >= 4 is 27.6 Å². The molecule has 0 aliphatic carbocycles. The molecule has 0 atom stereocenters. The number of Topliss-reactive ketones (excluding diaryl/α,β-unsaturated/α-hetero) is 1. The van der Waals surface area contributed by atoms with Gasteiger partial charge in [-0.1, -0.05) is 38.6 Å². The van der Waals surface area contributed by atoms with E-state index in [9.17, 15) is 13.2 Å². The predicted molar refractivity (Wildman–Crippen MR) is 129 cm³/mol. The zero-order valence-corrected chi connectivity index (χ0v) is 21.3. The Labute approximate surface area is 199 Å². The maximum Gasteiger partial charge on any atom is 0.277 e. The minimum absolute atomic E-state index is 0.00233. The summed E-state index contributed by atoms with van der Waals surface area (Å²) in [6.45, 7) is 11.3. The van der Waals surface area contributed by atoms with Crippen molar-refractivity contribution in [3.05, 3.63) is 47.3 Å². The molecule has 1 aromatic carbocycles. The number of hydrogen-bond acceptors (Lipinski definition) is 7. The Hall–Kier alpha value is -2.43. The highest BCUT2D eigenvalue weighted by molar-refractivity contribution is 7.99. The van der Waals surface area contributed by atoms with E-state index in [-0.39, 0.29) is 27.5 Å². The molecule has 0 fully saturated rings. The minimum Gasteiger partial charge on any atom is -0.411 e. The normalized spacial score (nSPS) is 11.9. The van der Waals surface area contributed by atoms with Crippen LogP contribution in [0.4, 0.5) is 0 Å². The smallest absolute Gasteiger partial charge is 0.277 e. The summed E-state index contributed by atoms with van der Waals surface area (Å²) >= 11 is 1.17. The molecule has 3 rings (SSSR count). The van der Waals surface area contributed by atoms with E-state index in [1.807, 2.05) is 19.9 Å². The highest BCUT2D eigenvalue weighted by Gasteiger charge is 2.23. The minimum atomic E-state index is -3.60. The largest absolute Gasteiger partial charge is 0.411 e. The highest BCUT2D eigenvalue weighted by atomic mass is 32.2. The van der Waals surface area contributed by atoms with Gasteiger partial charge in [0.25, 0.3) is 5.22 Å². The monoisotopic (exact) mass is 490 g/mol. The second-order valence-electron chi connectivity index (χ2n) is 7.64. The van der Waals surface area contributed by atoms with E-state index in [1.165, 1.54) is 22.1 Å². The van der Waals surface area contributed by atoms with Gasteiger partial charge in [-0.3, -0.25) is 4.79 Å². The van der Waals surface area contributed by atoms with Gasteiger partial charge in [0.05, 0.1) is 10.6 Å². The lowest BCUT2D eigenvalue weighted by Crippen LogP contribution is -2.30. The van der Waals surface area contributed by atoms with Crippen LogP contribution < -0.4 is 0 Å². The predicted octanol–water partition coefficient (Wildman–Crippen LogP) is 4.57. The van der Waals surface area contributed by atoms with Crippen LogP contribution in [0, 0.1) is 13.8 Å². The molecule has 2 heterocycles. The fourth-order valence-corrected chi connectivity index (χ4v) is 5.89. The molecule has 3 aromatic rings. The molecule has 0 saturated heterocycles. The van der Waals surface area contributed by atoms with Crippen LogP contribution in [0.2, 0.25) is 0 Å². The van der Waals surface area contributed by atoms with Crippen LogP contribution in [-0.2, 0) is 16.6 Å². The molecular weight excluding hydrogens is 460 g/mol. The molecule has 0 N–H and O–H groups in total. The lowest BCUT2D eigenvalue weighted by molar-refractivity contribution is 0.102. The van der Waals surface area contributed by atoms with Crippen LogP contribution in [0.15, 0.2) is 44.9 Å². The Kier molecular flexibility index (Phi) is 8.14. The summed E-state index contributed by atoms with van der Waals surface area (Å²) in [5.41, 5.74) is 3.26. The first-order valence-corrected chi connectivity index (χ1v) is 13.4. The Morgan fingerprint density at radius 1 is 1.12 bits per heavy atom. The van der Waals surface area contributed by atoms with Crippen molar-refractivity contribution in [3.8, 4) is 11.5 Å². The van der Waals surface area contributed by atoms with Gasteiger partial charge in [-0.25, -0.2) is 8.42 Å². The maximum atomic E-state index is 12.8. The number of sulfonamides is 1. The summed E-state index contributed by atoms with van der Waals surface area (Å²) in [4.78, 5) is 12.9. The van der Waals surface area contributed by atoms with Gasteiger partial charge < -0.3 is 8.98 Å². The lowest BCUT2D eigenvalue weighted by atomic mass is 10.2. The molecule has 0 spiro atoms. The average molecular weight is 491 g/mol. The molecule has 0 radical (unpaired) electrons. The summed E-state index contributed by atoms with van der Waals surface area (Å²) < 4.78 is 34.9. The maximum absolute atomic E-state index is 12.8. The van der Waals surface area contributed by atoms with E-state index in [0.29, 0.717) is 24.2 Å². The van der Waals surface area contributed by atoms with E-state index in [1.54, 1.807) is 32.0 Å². The number of aryl methyl sites for hydroxylation is 1. The SMILES string of the molecule is CCCn1c(C)cc(C(=O)CSc2nnc(-c3cccc(S(=O)(=O)N(CC)CC)c3)o2)c1C. The lowest BCUT2D eigenvalue weighted by Gasteiger charge is -2.18. The van der Waals surface area contributed by atoms with Crippen molar-refractivity contribution in [1.29, 1.82) is 0 Å². The first-order valence-electron chi connectivity index (χ1n) is 11.0. The number of rotatable bonds is 11. The zero-order chi connectivity index (χ0) is 24.2. The van der Waals surface area contributed by atoms with E-state index in [2.05, 4.69) is 21.7 Å². The summed E-state index contributed by atoms with van der Waals surface area (Å²) in [6.07, 6.45) is 1.00. The van der Waals surface area contributed by atoms with Gasteiger partial charge in [0.15, 0.2) is 5.78 Å². The number of ketones is 1. The Bertz CT molecular complexity index is 1230. The standard InChI is InChI=1S/C23H30N4O4S2/c1-6-12-27-16(4)13-20(17(27)5)21(28)15-32-23-25-24-22(31-23)18-10-9-11-19(14-18)33(29,30)26(7-2)8-3/h9-11,13-14H,6-8,12,15H2,1-5H3. The van der Waals surface area contributed by atoms with E-state index in [4.69, 9.17) is 4.42 Å². The molecule has 0 unspecified atom stereocenters. The van der Waals surface area contributed by atoms with Gasteiger partial charge in [-0.05, 0) is 44.5 Å². The molecule has 8 nitrogen and oxygen atoms in total. The number of benzene rings is 1. The van der Waals surface area contributed by atoms with Gasteiger partial charge in [0, 0.05) is 42.1 Å². The summed E-state index contributed by atoms with van der Waals surface area (Å²) in [7, 11) is -3.60. The van der Waals surface area contributed by atoms with Crippen LogP contribution >= 0.6 is 11.8 Å². The van der Waals surface area contributed by atoms with Crippen molar-refractivity contribution in [3.63, 3.8) is 0 Å². The fourth-order valence-electron chi connectivity index (χ4n) is 3.74. The van der Waals surface area contributed by atoms with Crippen molar-refractivity contribution in [2.75, 3.05) is 18.8 Å². The Morgan fingerprint density at radius 2 is 1.85 bits per heavy atom. The van der Waals surface area contributed by atoms with Gasteiger partial charge in [-0.15, -0.1) is 10.2 Å². The zero-order valence-electron chi connectivity index (χ0n) is 19.7. The first-order chi connectivity index (χ1) is 15.7. The summed E-state index contributed by atoms with van der Waals surface area (Å²) in [5.74, 6) is 0.388. The number of aromatic nitrogens is 3. The third-order valence-corrected chi connectivity index (χ3v) is 8.34. The third-order valence-electron chi connectivity index (χ3n) is 5.48. The molecule has 178 valence electrons. The van der Waals surface area contributed by atoms with Crippen LogP contribution in [0.1, 0.15) is 48.9 Å². The molecule has 0 saturated carbocycles. The molecule has 33 heavy (non-hydrogen) atoms. The summed E-state index contributed by atoms with van der Waals surface area (Å²) in [6, 6.07) is 8.38. The Balaban J connectivity index is 1.74. The number of carbonyl (C=O) groups excluding carboxylic acids is 1. The number of carbonyl (C=O) groups is 1. The van der Waals surface area contributed by atoms with E-state index in [0.717, 1.165) is 24.4 Å². The van der Waals surface area contributed by atoms with Gasteiger partial charge in [0.1, 0.15) is 0 Å². The van der Waals surface area contributed by atoms with Gasteiger partial charge in [0.2, 0.25) is 15.9 Å². The van der Waals surface area contributed by atoms with Crippen molar-refractivity contribution in [2.45, 2.75) is 57.7 Å². The van der Waals surface area contributed by atoms with Crippen LogP contribution in [-0.4, -0.2) is 52.1 Å². The first kappa shape index (κ1) is 25.2. The molecule has 0 aliphatic heterocycles. The van der Waals surface area contributed by atoms with E-state index < -0.39 is 10.0 Å². The topological polar surface area (TPSA) is 98.3 Å². The molecule has 0 amide bonds. The van der Waals surface area contributed by atoms with E-state index >= 15 is 0 Å². The Morgan fingerprint density at radius 3 is 2.52 bits per heavy atom. The van der Waals surface area contributed by atoms with Crippen LogP contribution in [0.5, 0.6) is 0 Å². The van der Waals surface area contributed by atoms with Crippen LogP contribution in [0.3, 0.4) is 0 Å². The molecule has 0 aliphatic rings. The quantitative estimate of drug-likeness (QED) is 0.287. The third kappa shape index (κ3) is 5.39. The summed E-state index contributed by atoms with van der Waals surface area (Å²) in [5, 5.41) is 8.33. The second kappa shape index (κ2) is 10.7. The van der Waals surface area contributed by atoms with Crippen LogP contribution in [0.25, 0.3) is 11.5 Å². The molecule has 2 aromatic heterocycles.